The van der Waals surface area contributed by atoms with Crippen LogP contribution in [0.5, 0.6) is 0 Å². The Morgan fingerprint density at radius 3 is 2.76 bits per heavy atom. The largest absolute Gasteiger partial charge is 0.383 e. The molecule has 1 aromatic rings. The van der Waals surface area contributed by atoms with Crippen molar-refractivity contribution in [2.45, 2.75) is 51.2 Å². The van der Waals surface area contributed by atoms with Gasteiger partial charge in [-0.25, -0.2) is 0 Å². The molecule has 21 heavy (non-hydrogen) atoms. The summed E-state index contributed by atoms with van der Waals surface area (Å²) >= 11 is 6.20. The Labute approximate surface area is 130 Å². The molecule has 1 heterocycles. The Morgan fingerprint density at radius 2 is 2.14 bits per heavy atom. The van der Waals surface area contributed by atoms with Crippen LogP contribution in [-0.4, -0.2) is 41.5 Å². The van der Waals surface area contributed by atoms with E-state index in [0.717, 1.165) is 32.1 Å². The minimum absolute atomic E-state index is 0.0392. The lowest BCUT2D eigenvalue weighted by atomic mass is 9.80. The summed E-state index contributed by atoms with van der Waals surface area (Å²) in [4.78, 5) is 13.1. The minimum Gasteiger partial charge on any atom is -0.383 e. The zero-order chi connectivity index (χ0) is 15.3. The maximum atomic E-state index is 13.1. The first kappa shape index (κ1) is 16.5. The third kappa shape index (κ3) is 3.47. The summed E-state index contributed by atoms with van der Waals surface area (Å²) < 4.78 is 12.6. The van der Waals surface area contributed by atoms with Gasteiger partial charge in [-0.3, -0.25) is 9.48 Å². The SMILES string of the molecule is CCOC1(C(=O)c2c(Cl)cnn2CCOC)CCCCC1. The van der Waals surface area contributed by atoms with E-state index in [9.17, 15) is 4.79 Å². The third-order valence-electron chi connectivity index (χ3n) is 4.01. The molecule has 0 aromatic carbocycles. The van der Waals surface area contributed by atoms with E-state index >= 15 is 0 Å². The second-order valence-electron chi connectivity index (χ2n) is 5.37. The van der Waals surface area contributed by atoms with E-state index in [1.54, 1.807) is 11.8 Å². The first-order valence-electron chi connectivity index (χ1n) is 7.53. The molecule has 0 aliphatic heterocycles. The number of ether oxygens (including phenoxy) is 2. The molecule has 1 fully saturated rings. The van der Waals surface area contributed by atoms with Crippen molar-refractivity contribution in [2.24, 2.45) is 0 Å². The molecule has 0 bridgehead atoms. The highest BCUT2D eigenvalue weighted by Crippen LogP contribution is 2.36. The van der Waals surface area contributed by atoms with Gasteiger partial charge in [-0.2, -0.15) is 5.10 Å². The zero-order valence-electron chi connectivity index (χ0n) is 12.7. The van der Waals surface area contributed by atoms with Crippen LogP contribution >= 0.6 is 11.6 Å². The Balaban J connectivity index is 2.30. The van der Waals surface area contributed by atoms with E-state index in [2.05, 4.69) is 5.10 Å². The molecule has 0 N–H and O–H groups in total. The van der Waals surface area contributed by atoms with Gasteiger partial charge >= 0.3 is 0 Å². The molecular formula is C15H23ClN2O3. The van der Waals surface area contributed by atoms with E-state index in [-0.39, 0.29) is 5.78 Å². The van der Waals surface area contributed by atoms with Gasteiger partial charge in [0, 0.05) is 13.7 Å². The summed E-state index contributed by atoms with van der Waals surface area (Å²) in [5.74, 6) is -0.0392. The fourth-order valence-electron chi connectivity index (χ4n) is 2.99. The second-order valence-corrected chi connectivity index (χ2v) is 5.78. The number of hydrogen-bond acceptors (Lipinski definition) is 4. The smallest absolute Gasteiger partial charge is 0.214 e. The van der Waals surface area contributed by atoms with Gasteiger partial charge in [0.05, 0.1) is 24.4 Å². The monoisotopic (exact) mass is 314 g/mol. The van der Waals surface area contributed by atoms with Crippen LogP contribution in [0.4, 0.5) is 0 Å². The highest BCUT2D eigenvalue weighted by atomic mass is 35.5. The fourth-order valence-corrected chi connectivity index (χ4v) is 3.21. The molecule has 0 amide bonds. The molecular weight excluding hydrogens is 292 g/mol. The lowest BCUT2D eigenvalue weighted by Gasteiger charge is -2.35. The van der Waals surface area contributed by atoms with Crippen LogP contribution in [0.25, 0.3) is 0 Å². The number of carbonyl (C=O) groups excluding carboxylic acids is 1. The summed E-state index contributed by atoms with van der Waals surface area (Å²) in [5, 5.41) is 4.58. The minimum atomic E-state index is -0.735. The number of methoxy groups -OCH3 is 1. The van der Waals surface area contributed by atoms with E-state index in [4.69, 9.17) is 21.1 Å². The fraction of sp³-hybridized carbons (Fsp3) is 0.733. The van der Waals surface area contributed by atoms with Crippen LogP contribution in [0.15, 0.2) is 6.20 Å². The lowest BCUT2D eigenvalue weighted by Crippen LogP contribution is -2.44. The van der Waals surface area contributed by atoms with Crippen molar-refractivity contribution < 1.29 is 14.3 Å². The summed E-state index contributed by atoms with van der Waals surface area (Å²) in [6.07, 6.45) is 6.20. The predicted octanol–water partition coefficient (Wildman–Crippen LogP) is 3.11. The Kier molecular flexibility index (Phi) is 5.79. The molecule has 1 saturated carbocycles. The van der Waals surface area contributed by atoms with Crippen LogP contribution < -0.4 is 0 Å². The molecule has 6 heteroatoms. The highest BCUT2D eigenvalue weighted by molar-refractivity contribution is 6.34. The molecule has 0 atom stereocenters. The highest BCUT2D eigenvalue weighted by Gasteiger charge is 2.43. The summed E-state index contributed by atoms with van der Waals surface area (Å²) in [6, 6.07) is 0. The Hall–Kier alpha value is -0.910. The molecule has 5 nitrogen and oxygen atoms in total. The summed E-state index contributed by atoms with van der Waals surface area (Å²) in [6.45, 7) is 3.44. The van der Waals surface area contributed by atoms with Gasteiger partial charge < -0.3 is 9.47 Å². The van der Waals surface area contributed by atoms with Gasteiger partial charge in [0.25, 0.3) is 0 Å². The predicted molar refractivity (Wildman–Crippen MR) is 80.9 cm³/mol. The number of carbonyl (C=O) groups is 1. The van der Waals surface area contributed by atoms with Gasteiger partial charge in [-0.05, 0) is 19.8 Å². The van der Waals surface area contributed by atoms with E-state index < -0.39 is 5.60 Å². The average Bonchev–Trinajstić information content (AvgIpc) is 2.86. The number of halogens is 1. The van der Waals surface area contributed by atoms with Crippen molar-refractivity contribution in [1.82, 2.24) is 9.78 Å². The molecule has 0 saturated heterocycles. The number of aromatic nitrogens is 2. The first-order chi connectivity index (χ1) is 10.1. The zero-order valence-corrected chi connectivity index (χ0v) is 13.5. The molecule has 1 aromatic heterocycles. The van der Waals surface area contributed by atoms with Crippen LogP contribution in [0.1, 0.15) is 49.5 Å². The molecule has 0 radical (unpaired) electrons. The molecule has 118 valence electrons. The van der Waals surface area contributed by atoms with Crippen molar-refractivity contribution >= 4 is 17.4 Å². The quantitative estimate of drug-likeness (QED) is 0.726. The maximum absolute atomic E-state index is 13.1. The van der Waals surface area contributed by atoms with Crippen LogP contribution in [-0.2, 0) is 16.0 Å². The van der Waals surface area contributed by atoms with Gasteiger partial charge in [-0.1, -0.05) is 30.9 Å². The molecule has 0 unspecified atom stereocenters. The molecule has 1 aliphatic carbocycles. The van der Waals surface area contributed by atoms with Gasteiger partial charge in [-0.15, -0.1) is 0 Å². The molecule has 1 aliphatic rings. The van der Waals surface area contributed by atoms with Crippen molar-refractivity contribution in [1.29, 1.82) is 0 Å². The summed E-state index contributed by atoms with van der Waals surface area (Å²) in [5.41, 5.74) is -0.286. The Bertz CT molecular complexity index is 476. The van der Waals surface area contributed by atoms with Crippen LogP contribution in [0.2, 0.25) is 5.02 Å². The number of Topliss-reactive ketones (excluding diaryl/α,β-unsaturated/α-hetero) is 1. The van der Waals surface area contributed by atoms with Crippen molar-refractivity contribution in [3.05, 3.63) is 16.9 Å². The summed E-state index contributed by atoms with van der Waals surface area (Å²) in [7, 11) is 1.62. The maximum Gasteiger partial charge on any atom is 0.214 e. The van der Waals surface area contributed by atoms with E-state index in [0.29, 0.717) is 30.5 Å². The van der Waals surface area contributed by atoms with E-state index in [1.165, 1.54) is 6.20 Å². The topological polar surface area (TPSA) is 53.3 Å². The Morgan fingerprint density at radius 1 is 1.43 bits per heavy atom. The number of ketones is 1. The number of rotatable bonds is 7. The average molecular weight is 315 g/mol. The number of nitrogens with zero attached hydrogens (tertiary/aromatic N) is 2. The van der Waals surface area contributed by atoms with E-state index in [1.807, 2.05) is 6.92 Å². The number of hydrogen-bond donors (Lipinski definition) is 0. The lowest BCUT2D eigenvalue weighted by molar-refractivity contribution is -0.0417. The van der Waals surface area contributed by atoms with Gasteiger partial charge in [0.15, 0.2) is 0 Å². The van der Waals surface area contributed by atoms with Gasteiger partial charge in [0.1, 0.15) is 11.3 Å². The van der Waals surface area contributed by atoms with Crippen molar-refractivity contribution in [3.8, 4) is 0 Å². The van der Waals surface area contributed by atoms with Crippen LogP contribution in [0, 0.1) is 0 Å². The van der Waals surface area contributed by atoms with Crippen LogP contribution in [0.3, 0.4) is 0 Å². The molecule has 0 spiro atoms. The van der Waals surface area contributed by atoms with Crippen molar-refractivity contribution in [2.75, 3.05) is 20.3 Å². The first-order valence-corrected chi connectivity index (χ1v) is 7.91. The van der Waals surface area contributed by atoms with Gasteiger partial charge in [0.2, 0.25) is 5.78 Å². The van der Waals surface area contributed by atoms with Crippen molar-refractivity contribution in [3.63, 3.8) is 0 Å². The second kappa shape index (κ2) is 7.38. The standard InChI is InChI=1S/C15H23ClN2O3/c1-3-21-15(7-5-4-6-8-15)14(19)13-12(16)11-17-18(13)9-10-20-2/h11H,3-10H2,1-2H3. The normalized spacial score (nSPS) is 17.9. The molecule has 2 rings (SSSR count). The third-order valence-corrected chi connectivity index (χ3v) is 4.29.